The standard InChI is InChI=1S/C11H14BrNO4/c1-4-16-10(14)7(3)9(12)8(6-13)11(15)17-5-2/h8-9H,3-5H2,1-2H3. The minimum absolute atomic E-state index is 0.0199. The first-order valence-corrected chi connectivity index (χ1v) is 5.97. The van der Waals surface area contributed by atoms with Crippen LogP contribution in [0.15, 0.2) is 12.2 Å². The number of hydrogen-bond donors (Lipinski definition) is 0. The van der Waals surface area contributed by atoms with E-state index in [1.807, 2.05) is 0 Å². The van der Waals surface area contributed by atoms with Crippen LogP contribution in [0.25, 0.3) is 0 Å². The molecule has 0 saturated heterocycles. The van der Waals surface area contributed by atoms with Crippen molar-refractivity contribution in [3.05, 3.63) is 12.2 Å². The number of hydrogen-bond acceptors (Lipinski definition) is 5. The Morgan fingerprint density at radius 3 is 2.29 bits per heavy atom. The van der Waals surface area contributed by atoms with Crippen molar-refractivity contribution in [1.82, 2.24) is 0 Å². The van der Waals surface area contributed by atoms with E-state index in [1.165, 1.54) is 0 Å². The van der Waals surface area contributed by atoms with Crippen LogP contribution in [0.1, 0.15) is 13.8 Å². The van der Waals surface area contributed by atoms with E-state index in [9.17, 15) is 9.59 Å². The lowest BCUT2D eigenvalue weighted by Crippen LogP contribution is -2.29. The third-order valence-corrected chi connectivity index (χ3v) is 2.92. The smallest absolute Gasteiger partial charge is 0.334 e. The third kappa shape index (κ3) is 4.57. The fourth-order valence-corrected chi connectivity index (χ4v) is 1.53. The number of carbonyl (C=O) groups is 2. The van der Waals surface area contributed by atoms with E-state index in [2.05, 4.69) is 22.5 Å². The maximum Gasteiger partial charge on any atom is 0.334 e. The molecule has 0 aromatic carbocycles. The molecule has 0 saturated carbocycles. The fraction of sp³-hybridized carbons (Fsp3) is 0.545. The second-order valence-electron chi connectivity index (χ2n) is 3.01. The van der Waals surface area contributed by atoms with Gasteiger partial charge in [0.25, 0.3) is 0 Å². The van der Waals surface area contributed by atoms with Gasteiger partial charge in [0.1, 0.15) is 0 Å². The van der Waals surface area contributed by atoms with Crippen molar-refractivity contribution in [3.8, 4) is 6.07 Å². The van der Waals surface area contributed by atoms with Gasteiger partial charge < -0.3 is 9.47 Å². The summed E-state index contributed by atoms with van der Waals surface area (Å²) >= 11 is 3.09. The van der Waals surface area contributed by atoms with Crippen LogP contribution in [0, 0.1) is 17.2 Å². The first-order valence-electron chi connectivity index (χ1n) is 5.05. The second-order valence-corrected chi connectivity index (χ2v) is 3.99. The van der Waals surface area contributed by atoms with E-state index in [4.69, 9.17) is 14.7 Å². The van der Waals surface area contributed by atoms with E-state index < -0.39 is 22.7 Å². The molecule has 0 bridgehead atoms. The summed E-state index contributed by atoms with van der Waals surface area (Å²) < 4.78 is 9.45. The summed E-state index contributed by atoms with van der Waals surface area (Å²) in [4.78, 5) is 22.0. The van der Waals surface area contributed by atoms with Crippen molar-refractivity contribution in [3.63, 3.8) is 0 Å². The van der Waals surface area contributed by atoms with Crippen LogP contribution in [0.4, 0.5) is 0 Å². The molecule has 5 nitrogen and oxygen atoms in total. The van der Waals surface area contributed by atoms with Crippen molar-refractivity contribution in [1.29, 1.82) is 5.26 Å². The maximum absolute atomic E-state index is 11.4. The molecule has 6 heteroatoms. The highest BCUT2D eigenvalue weighted by Crippen LogP contribution is 2.22. The fourth-order valence-electron chi connectivity index (χ4n) is 1.01. The van der Waals surface area contributed by atoms with E-state index >= 15 is 0 Å². The average molecular weight is 304 g/mol. The van der Waals surface area contributed by atoms with Gasteiger partial charge in [-0.15, -0.1) is 0 Å². The predicted molar refractivity (Wildman–Crippen MR) is 64.2 cm³/mol. The Morgan fingerprint density at radius 2 is 1.88 bits per heavy atom. The van der Waals surface area contributed by atoms with Crippen LogP contribution < -0.4 is 0 Å². The Hall–Kier alpha value is -1.35. The summed E-state index contributed by atoms with van der Waals surface area (Å²) in [6.45, 7) is 7.17. The molecule has 0 fully saturated rings. The van der Waals surface area contributed by atoms with Gasteiger partial charge in [0.15, 0.2) is 5.92 Å². The Balaban J connectivity index is 4.71. The summed E-state index contributed by atoms with van der Waals surface area (Å²) in [5, 5.41) is 8.88. The largest absolute Gasteiger partial charge is 0.465 e. The number of halogens is 1. The molecule has 0 aliphatic carbocycles. The van der Waals surface area contributed by atoms with Crippen LogP contribution in [0.5, 0.6) is 0 Å². The van der Waals surface area contributed by atoms with Crippen LogP contribution in [0.2, 0.25) is 0 Å². The lowest BCUT2D eigenvalue weighted by molar-refractivity contribution is -0.145. The highest BCUT2D eigenvalue weighted by atomic mass is 79.9. The zero-order valence-corrected chi connectivity index (χ0v) is 11.3. The topological polar surface area (TPSA) is 76.4 Å². The van der Waals surface area contributed by atoms with E-state index in [-0.39, 0.29) is 18.8 Å². The molecule has 0 aromatic rings. The molecule has 0 aliphatic heterocycles. The molecule has 0 amide bonds. The van der Waals surface area contributed by atoms with Crippen LogP contribution in [-0.2, 0) is 19.1 Å². The second kappa shape index (κ2) is 7.85. The van der Waals surface area contributed by atoms with Gasteiger partial charge in [0, 0.05) is 5.57 Å². The van der Waals surface area contributed by atoms with Crippen LogP contribution in [0.3, 0.4) is 0 Å². The third-order valence-electron chi connectivity index (χ3n) is 1.84. The molecule has 17 heavy (non-hydrogen) atoms. The first-order chi connectivity index (χ1) is 7.99. The minimum Gasteiger partial charge on any atom is -0.465 e. The Kier molecular flexibility index (Phi) is 7.22. The molecule has 0 rings (SSSR count). The van der Waals surface area contributed by atoms with Crippen molar-refractivity contribution in [2.24, 2.45) is 5.92 Å². The van der Waals surface area contributed by atoms with Gasteiger partial charge in [-0.05, 0) is 13.8 Å². The molecular formula is C11H14BrNO4. The van der Waals surface area contributed by atoms with Crippen LogP contribution >= 0.6 is 15.9 Å². The van der Waals surface area contributed by atoms with Gasteiger partial charge in [-0.2, -0.15) is 5.26 Å². The molecule has 2 atom stereocenters. The SMILES string of the molecule is C=C(C(=O)OCC)C(Br)C(C#N)C(=O)OCC. The predicted octanol–water partition coefficient (Wildman–Crippen LogP) is 1.57. The van der Waals surface area contributed by atoms with E-state index in [0.717, 1.165) is 0 Å². The Bertz CT molecular complexity index is 348. The normalized spacial score (nSPS) is 13.1. The lowest BCUT2D eigenvalue weighted by atomic mass is 10.0. The van der Waals surface area contributed by atoms with Gasteiger partial charge in [0.05, 0.1) is 24.1 Å². The summed E-state index contributed by atoms with van der Waals surface area (Å²) in [7, 11) is 0. The van der Waals surface area contributed by atoms with Crippen molar-refractivity contribution in [2.45, 2.75) is 18.7 Å². The Morgan fingerprint density at radius 1 is 1.35 bits per heavy atom. The zero-order chi connectivity index (χ0) is 13.4. The zero-order valence-electron chi connectivity index (χ0n) is 9.73. The van der Waals surface area contributed by atoms with Gasteiger partial charge in [-0.1, -0.05) is 22.5 Å². The minimum atomic E-state index is -1.12. The number of carbonyl (C=O) groups excluding carboxylic acids is 2. The molecular weight excluding hydrogens is 290 g/mol. The van der Waals surface area contributed by atoms with Gasteiger partial charge in [-0.3, -0.25) is 4.79 Å². The van der Waals surface area contributed by atoms with Crippen molar-refractivity contribution >= 4 is 27.9 Å². The lowest BCUT2D eigenvalue weighted by Gasteiger charge is -2.15. The molecule has 2 unspecified atom stereocenters. The molecule has 0 aliphatic rings. The highest BCUT2D eigenvalue weighted by Gasteiger charge is 2.32. The van der Waals surface area contributed by atoms with Gasteiger partial charge in [-0.25, -0.2) is 4.79 Å². The highest BCUT2D eigenvalue weighted by molar-refractivity contribution is 9.09. The molecule has 0 spiro atoms. The van der Waals surface area contributed by atoms with E-state index in [0.29, 0.717) is 0 Å². The number of alkyl halides is 1. The molecule has 94 valence electrons. The van der Waals surface area contributed by atoms with Gasteiger partial charge >= 0.3 is 11.9 Å². The quantitative estimate of drug-likeness (QED) is 0.423. The van der Waals surface area contributed by atoms with E-state index in [1.54, 1.807) is 19.9 Å². The summed E-state index contributed by atoms with van der Waals surface area (Å²) in [5.41, 5.74) is 0.0199. The summed E-state index contributed by atoms with van der Waals surface area (Å²) in [6, 6.07) is 1.77. The monoisotopic (exact) mass is 303 g/mol. The summed E-state index contributed by atoms with van der Waals surface area (Å²) in [6.07, 6.45) is 0. The van der Waals surface area contributed by atoms with Gasteiger partial charge in [0.2, 0.25) is 0 Å². The number of ether oxygens (including phenoxy) is 2. The number of rotatable bonds is 6. The number of esters is 2. The average Bonchev–Trinajstić information content (AvgIpc) is 2.29. The number of nitriles is 1. The van der Waals surface area contributed by atoms with Crippen molar-refractivity contribution in [2.75, 3.05) is 13.2 Å². The van der Waals surface area contributed by atoms with Crippen molar-refractivity contribution < 1.29 is 19.1 Å². The Labute approximate surface area is 109 Å². The first kappa shape index (κ1) is 15.7. The summed E-state index contributed by atoms with van der Waals surface area (Å²) in [5.74, 6) is -2.45. The van der Waals surface area contributed by atoms with Crippen LogP contribution in [-0.4, -0.2) is 30.0 Å². The molecule has 0 heterocycles. The maximum atomic E-state index is 11.4. The molecule has 0 N–H and O–H groups in total. The molecule has 0 aromatic heterocycles. The number of nitrogens with zero attached hydrogens (tertiary/aromatic N) is 1. The molecule has 0 radical (unpaired) electrons.